The molecule has 3 nitrogen and oxygen atoms in total. The first kappa shape index (κ1) is 13.4. The van der Waals surface area contributed by atoms with Gasteiger partial charge in [-0.15, -0.1) is 0 Å². The Morgan fingerprint density at radius 1 is 0.952 bits per heavy atom. The van der Waals surface area contributed by atoms with Crippen LogP contribution in [0.4, 0.5) is 11.4 Å². The summed E-state index contributed by atoms with van der Waals surface area (Å²) in [6.45, 7) is 4.04. The Morgan fingerprint density at radius 3 is 2.24 bits per heavy atom. The van der Waals surface area contributed by atoms with E-state index in [0.29, 0.717) is 5.89 Å². The Kier molecular flexibility index (Phi) is 3.73. The number of hydrogen-bond donors (Lipinski definition) is 1. The molecule has 21 heavy (non-hydrogen) atoms. The third kappa shape index (κ3) is 2.97. The molecule has 1 N–H and O–H groups in total. The first-order chi connectivity index (χ1) is 10.3. The third-order valence-corrected chi connectivity index (χ3v) is 3.42. The molecule has 0 radical (unpaired) electrons. The molecule has 0 amide bonds. The minimum absolute atomic E-state index is 0.690. The summed E-state index contributed by atoms with van der Waals surface area (Å²) in [6, 6.07) is 18.2. The lowest BCUT2D eigenvalue weighted by Crippen LogP contribution is -1.89. The Morgan fingerprint density at radius 2 is 1.62 bits per heavy atom. The van der Waals surface area contributed by atoms with Gasteiger partial charge >= 0.3 is 0 Å². The lowest BCUT2D eigenvalue weighted by molar-refractivity contribution is 0.540. The zero-order valence-electron chi connectivity index (χ0n) is 12.3. The Balaban J connectivity index is 1.80. The minimum atomic E-state index is 0.690. The molecule has 0 aliphatic carbocycles. The van der Waals surface area contributed by atoms with Crippen LogP contribution < -0.4 is 5.32 Å². The molecule has 106 valence electrons. The van der Waals surface area contributed by atoms with E-state index in [1.807, 2.05) is 61.5 Å². The van der Waals surface area contributed by atoms with Crippen LogP contribution in [0, 0.1) is 6.92 Å². The highest BCUT2D eigenvalue weighted by atomic mass is 16.4. The number of rotatable bonds is 4. The van der Waals surface area contributed by atoms with Gasteiger partial charge in [-0.3, -0.25) is 0 Å². The molecule has 0 bridgehead atoms. The molecule has 0 unspecified atom stereocenters. The van der Waals surface area contributed by atoms with Crippen molar-refractivity contribution in [2.75, 3.05) is 5.32 Å². The maximum absolute atomic E-state index is 5.72. The molecular weight excluding hydrogens is 260 g/mol. The van der Waals surface area contributed by atoms with Gasteiger partial charge in [-0.05, 0) is 49.7 Å². The molecule has 3 rings (SSSR count). The first-order valence-electron chi connectivity index (χ1n) is 7.15. The van der Waals surface area contributed by atoms with Crippen molar-refractivity contribution in [1.82, 2.24) is 4.98 Å². The average Bonchev–Trinajstić information content (AvgIpc) is 2.90. The van der Waals surface area contributed by atoms with E-state index in [0.717, 1.165) is 34.8 Å². The molecule has 3 aromatic rings. The van der Waals surface area contributed by atoms with Gasteiger partial charge in [0.05, 0.1) is 5.69 Å². The van der Waals surface area contributed by atoms with Gasteiger partial charge in [-0.1, -0.05) is 25.1 Å². The van der Waals surface area contributed by atoms with Crippen LogP contribution in [0.5, 0.6) is 0 Å². The predicted molar refractivity (Wildman–Crippen MR) is 85.8 cm³/mol. The van der Waals surface area contributed by atoms with E-state index in [-0.39, 0.29) is 0 Å². The highest BCUT2D eigenvalue weighted by molar-refractivity contribution is 5.64. The fraction of sp³-hybridized carbons (Fsp3) is 0.167. The second-order valence-electron chi connectivity index (χ2n) is 4.94. The maximum Gasteiger partial charge on any atom is 0.226 e. The molecule has 0 saturated heterocycles. The lowest BCUT2D eigenvalue weighted by atomic mass is 10.2. The predicted octanol–water partition coefficient (Wildman–Crippen LogP) is 4.96. The molecule has 2 aromatic carbocycles. The Bertz CT molecular complexity index is 715. The number of aryl methyl sites for hydroxylation is 2. The van der Waals surface area contributed by atoms with Crippen molar-refractivity contribution < 1.29 is 4.42 Å². The highest BCUT2D eigenvalue weighted by Gasteiger charge is 2.09. The zero-order valence-corrected chi connectivity index (χ0v) is 12.3. The van der Waals surface area contributed by atoms with E-state index >= 15 is 0 Å². The van der Waals surface area contributed by atoms with Crippen molar-refractivity contribution in [3.63, 3.8) is 0 Å². The van der Waals surface area contributed by atoms with Crippen LogP contribution in [-0.4, -0.2) is 4.98 Å². The van der Waals surface area contributed by atoms with Crippen LogP contribution in [0.25, 0.3) is 11.5 Å². The Labute approximate surface area is 124 Å². The fourth-order valence-corrected chi connectivity index (χ4v) is 2.26. The third-order valence-electron chi connectivity index (χ3n) is 3.42. The fourth-order valence-electron chi connectivity index (χ4n) is 2.26. The number of para-hydroxylation sites is 1. The van der Waals surface area contributed by atoms with Crippen molar-refractivity contribution in [1.29, 1.82) is 0 Å². The van der Waals surface area contributed by atoms with E-state index < -0.39 is 0 Å². The first-order valence-corrected chi connectivity index (χ1v) is 7.15. The van der Waals surface area contributed by atoms with Crippen molar-refractivity contribution in [3.8, 4) is 11.5 Å². The largest absolute Gasteiger partial charge is 0.441 e. The van der Waals surface area contributed by atoms with E-state index in [4.69, 9.17) is 4.42 Å². The second-order valence-corrected chi connectivity index (χ2v) is 4.94. The lowest BCUT2D eigenvalue weighted by Gasteiger charge is -2.06. The summed E-state index contributed by atoms with van der Waals surface area (Å²) in [5, 5.41) is 3.36. The van der Waals surface area contributed by atoms with Gasteiger partial charge in [0.2, 0.25) is 5.89 Å². The molecule has 0 fully saturated rings. The van der Waals surface area contributed by atoms with Gasteiger partial charge in [-0.2, -0.15) is 0 Å². The summed E-state index contributed by atoms with van der Waals surface area (Å²) < 4.78 is 5.72. The van der Waals surface area contributed by atoms with Crippen LogP contribution in [-0.2, 0) is 6.42 Å². The molecule has 1 aromatic heterocycles. The number of hydrogen-bond acceptors (Lipinski definition) is 3. The van der Waals surface area contributed by atoms with Crippen LogP contribution in [0.15, 0.2) is 59.0 Å². The van der Waals surface area contributed by atoms with Gasteiger partial charge in [0.1, 0.15) is 5.76 Å². The van der Waals surface area contributed by atoms with Crippen LogP contribution >= 0.6 is 0 Å². The number of oxazole rings is 1. The van der Waals surface area contributed by atoms with Gasteiger partial charge in [-0.25, -0.2) is 4.98 Å². The Hall–Kier alpha value is -2.55. The number of nitrogens with zero attached hydrogens (tertiary/aromatic N) is 1. The molecule has 1 heterocycles. The van der Waals surface area contributed by atoms with E-state index in [9.17, 15) is 0 Å². The number of nitrogens with one attached hydrogen (secondary N) is 1. The van der Waals surface area contributed by atoms with Crippen molar-refractivity contribution in [3.05, 3.63) is 66.1 Å². The topological polar surface area (TPSA) is 38.1 Å². The molecule has 0 aliphatic rings. The summed E-state index contributed by atoms with van der Waals surface area (Å²) in [4.78, 5) is 4.53. The normalized spacial score (nSPS) is 10.6. The zero-order chi connectivity index (χ0) is 14.7. The molecular formula is C18H18N2O. The summed E-state index contributed by atoms with van der Waals surface area (Å²) in [5.74, 6) is 1.59. The molecule has 0 atom stereocenters. The summed E-state index contributed by atoms with van der Waals surface area (Å²) in [7, 11) is 0. The van der Waals surface area contributed by atoms with E-state index in [1.54, 1.807) is 0 Å². The van der Waals surface area contributed by atoms with E-state index in [1.165, 1.54) is 0 Å². The minimum Gasteiger partial charge on any atom is -0.441 e. The smallest absolute Gasteiger partial charge is 0.226 e. The molecule has 3 heteroatoms. The van der Waals surface area contributed by atoms with E-state index in [2.05, 4.69) is 17.2 Å². The van der Waals surface area contributed by atoms with Gasteiger partial charge in [0, 0.05) is 16.9 Å². The SMILES string of the molecule is CCc1nc(-c2ccc(Nc3ccccc3)cc2)oc1C. The van der Waals surface area contributed by atoms with Gasteiger partial charge in [0.25, 0.3) is 0 Å². The second kappa shape index (κ2) is 5.83. The van der Waals surface area contributed by atoms with Gasteiger partial charge in [0.15, 0.2) is 0 Å². The monoisotopic (exact) mass is 278 g/mol. The highest BCUT2D eigenvalue weighted by Crippen LogP contribution is 2.24. The quantitative estimate of drug-likeness (QED) is 0.733. The average molecular weight is 278 g/mol. The molecule has 0 aliphatic heterocycles. The van der Waals surface area contributed by atoms with Crippen LogP contribution in [0.1, 0.15) is 18.4 Å². The standard InChI is InChI=1S/C18H18N2O/c1-3-17-13(2)21-18(20-17)14-9-11-16(12-10-14)19-15-7-5-4-6-8-15/h4-12,19H,3H2,1-2H3. The number of benzene rings is 2. The summed E-state index contributed by atoms with van der Waals surface area (Å²) in [6.07, 6.45) is 0.892. The van der Waals surface area contributed by atoms with Crippen LogP contribution in [0.3, 0.4) is 0 Å². The van der Waals surface area contributed by atoms with Crippen molar-refractivity contribution >= 4 is 11.4 Å². The maximum atomic E-state index is 5.72. The molecule has 0 spiro atoms. The van der Waals surface area contributed by atoms with Crippen molar-refractivity contribution in [2.45, 2.75) is 20.3 Å². The van der Waals surface area contributed by atoms with Crippen LogP contribution in [0.2, 0.25) is 0 Å². The number of anilines is 2. The summed E-state index contributed by atoms with van der Waals surface area (Å²) >= 11 is 0. The van der Waals surface area contributed by atoms with Crippen molar-refractivity contribution in [2.24, 2.45) is 0 Å². The van der Waals surface area contributed by atoms with Gasteiger partial charge < -0.3 is 9.73 Å². The summed E-state index contributed by atoms with van der Waals surface area (Å²) in [5.41, 5.74) is 4.14. The number of aromatic nitrogens is 1. The molecule has 0 saturated carbocycles.